The van der Waals surface area contributed by atoms with Crippen LogP contribution in [0.25, 0.3) is 5.69 Å². The van der Waals surface area contributed by atoms with Gasteiger partial charge in [0.15, 0.2) is 0 Å². The number of morpholine rings is 1. The van der Waals surface area contributed by atoms with Crippen LogP contribution in [0.15, 0.2) is 49.1 Å². The lowest BCUT2D eigenvalue weighted by Gasteiger charge is -2.32. The first-order valence-corrected chi connectivity index (χ1v) is 9.16. The maximum absolute atomic E-state index is 5.95. The second-order valence-electron chi connectivity index (χ2n) is 6.74. The van der Waals surface area contributed by atoms with Gasteiger partial charge in [0.2, 0.25) is 0 Å². The van der Waals surface area contributed by atoms with Gasteiger partial charge in [-0.3, -0.25) is 9.58 Å². The molecule has 3 heterocycles. The van der Waals surface area contributed by atoms with Crippen LogP contribution in [0.2, 0.25) is 5.02 Å². The molecule has 6 nitrogen and oxygen atoms in total. The third-order valence-corrected chi connectivity index (χ3v) is 4.76. The van der Waals surface area contributed by atoms with E-state index in [0.29, 0.717) is 0 Å². The lowest BCUT2D eigenvalue weighted by Crippen LogP contribution is -2.43. The Kier molecular flexibility index (Phi) is 5.06. The fourth-order valence-electron chi connectivity index (χ4n) is 3.24. The van der Waals surface area contributed by atoms with E-state index >= 15 is 0 Å². The molecule has 0 bridgehead atoms. The van der Waals surface area contributed by atoms with Crippen LogP contribution in [0.4, 0.5) is 0 Å². The third-order valence-electron chi connectivity index (χ3n) is 4.51. The van der Waals surface area contributed by atoms with E-state index in [1.165, 1.54) is 11.1 Å². The minimum absolute atomic E-state index is 0.161. The number of halogens is 1. The van der Waals surface area contributed by atoms with Gasteiger partial charge in [0.05, 0.1) is 37.3 Å². The molecule has 0 aliphatic carbocycles. The average molecular weight is 372 g/mol. The second-order valence-corrected chi connectivity index (χ2v) is 7.17. The highest BCUT2D eigenvalue weighted by molar-refractivity contribution is 6.30. The molecular formula is C19H22ClN5O. The van der Waals surface area contributed by atoms with E-state index in [1.807, 2.05) is 46.0 Å². The first-order valence-electron chi connectivity index (χ1n) is 8.78. The molecule has 1 aliphatic heterocycles. The van der Waals surface area contributed by atoms with Crippen LogP contribution in [0.1, 0.15) is 11.1 Å². The van der Waals surface area contributed by atoms with Gasteiger partial charge in [0, 0.05) is 42.6 Å². The topological polar surface area (TPSA) is 48.1 Å². The van der Waals surface area contributed by atoms with Gasteiger partial charge in [-0.2, -0.15) is 10.2 Å². The van der Waals surface area contributed by atoms with E-state index in [-0.39, 0.29) is 6.10 Å². The van der Waals surface area contributed by atoms with Crippen molar-refractivity contribution >= 4 is 11.6 Å². The van der Waals surface area contributed by atoms with Gasteiger partial charge in [-0.25, -0.2) is 4.68 Å². The summed E-state index contributed by atoms with van der Waals surface area (Å²) in [7, 11) is 0. The summed E-state index contributed by atoms with van der Waals surface area (Å²) in [5.41, 5.74) is 3.37. The smallest absolute Gasteiger partial charge is 0.0898 e. The van der Waals surface area contributed by atoms with Crippen molar-refractivity contribution < 1.29 is 4.74 Å². The van der Waals surface area contributed by atoms with Crippen molar-refractivity contribution in [2.45, 2.75) is 26.1 Å². The Bertz CT molecular complexity index is 857. The van der Waals surface area contributed by atoms with Crippen molar-refractivity contribution in [2.24, 2.45) is 0 Å². The van der Waals surface area contributed by atoms with Gasteiger partial charge in [-0.05, 0) is 36.8 Å². The molecule has 1 aromatic carbocycles. The maximum Gasteiger partial charge on any atom is 0.0898 e. The summed E-state index contributed by atoms with van der Waals surface area (Å²) in [6.07, 6.45) is 8.10. The molecule has 0 saturated carbocycles. The number of hydrogen-bond donors (Lipinski definition) is 0. The standard InChI is InChI=1S/C19H22ClN5O/c1-15-8-21-24(10-15)14-19-13-23(6-7-26-19)11-16-9-22-25(12-16)18-4-2-17(20)3-5-18/h2-5,8-10,12,19H,6-7,11,13-14H2,1H3. The lowest BCUT2D eigenvalue weighted by atomic mass is 10.2. The lowest BCUT2D eigenvalue weighted by molar-refractivity contribution is -0.0402. The van der Waals surface area contributed by atoms with Gasteiger partial charge in [-0.15, -0.1) is 0 Å². The van der Waals surface area contributed by atoms with Gasteiger partial charge in [0.25, 0.3) is 0 Å². The first-order chi connectivity index (χ1) is 12.7. The summed E-state index contributed by atoms with van der Waals surface area (Å²) >= 11 is 5.95. The van der Waals surface area contributed by atoms with Crippen molar-refractivity contribution in [1.29, 1.82) is 0 Å². The highest BCUT2D eigenvalue weighted by Gasteiger charge is 2.21. The van der Waals surface area contributed by atoms with Crippen LogP contribution in [-0.4, -0.2) is 50.3 Å². The van der Waals surface area contributed by atoms with Gasteiger partial charge in [0.1, 0.15) is 0 Å². The van der Waals surface area contributed by atoms with Crippen LogP contribution in [0.3, 0.4) is 0 Å². The van der Waals surface area contributed by atoms with E-state index in [9.17, 15) is 0 Å². The SMILES string of the molecule is Cc1cnn(CC2CN(Cc3cnn(-c4ccc(Cl)cc4)c3)CCO2)c1. The van der Waals surface area contributed by atoms with E-state index in [2.05, 4.69) is 34.4 Å². The highest BCUT2D eigenvalue weighted by atomic mass is 35.5. The Balaban J connectivity index is 1.37. The van der Waals surface area contributed by atoms with E-state index in [1.54, 1.807) is 0 Å². The zero-order valence-corrected chi connectivity index (χ0v) is 15.5. The molecule has 7 heteroatoms. The quantitative estimate of drug-likeness (QED) is 0.692. The normalized spacial score (nSPS) is 18.3. The number of aromatic nitrogens is 4. The van der Waals surface area contributed by atoms with Gasteiger partial charge < -0.3 is 4.74 Å². The molecule has 0 amide bonds. The third kappa shape index (κ3) is 4.15. The van der Waals surface area contributed by atoms with Crippen molar-refractivity contribution in [3.8, 4) is 5.69 Å². The molecule has 1 fully saturated rings. The minimum Gasteiger partial charge on any atom is -0.374 e. The number of nitrogens with zero attached hydrogens (tertiary/aromatic N) is 5. The Morgan fingerprint density at radius 1 is 1.15 bits per heavy atom. The summed E-state index contributed by atoms with van der Waals surface area (Å²) in [5.74, 6) is 0. The summed E-state index contributed by atoms with van der Waals surface area (Å²) in [6, 6.07) is 7.69. The van der Waals surface area contributed by atoms with Crippen LogP contribution < -0.4 is 0 Å². The number of rotatable bonds is 5. The maximum atomic E-state index is 5.95. The van der Waals surface area contributed by atoms with Crippen molar-refractivity contribution in [3.05, 3.63) is 65.2 Å². The van der Waals surface area contributed by atoms with Crippen molar-refractivity contribution in [3.63, 3.8) is 0 Å². The molecule has 1 aliphatic rings. The predicted octanol–water partition coefficient (Wildman–Crippen LogP) is 2.93. The van der Waals surface area contributed by atoms with Crippen molar-refractivity contribution in [2.75, 3.05) is 19.7 Å². The summed E-state index contributed by atoms with van der Waals surface area (Å²) < 4.78 is 9.75. The predicted molar refractivity (Wildman–Crippen MR) is 101 cm³/mol. The highest BCUT2D eigenvalue weighted by Crippen LogP contribution is 2.15. The Labute approximate surface area is 157 Å². The monoisotopic (exact) mass is 371 g/mol. The summed E-state index contributed by atoms with van der Waals surface area (Å²) in [5, 5.41) is 9.56. The molecule has 4 rings (SSSR count). The number of ether oxygens (including phenoxy) is 1. The van der Waals surface area contributed by atoms with Crippen LogP contribution in [0.5, 0.6) is 0 Å². The molecule has 0 N–H and O–H groups in total. The fraction of sp³-hybridized carbons (Fsp3) is 0.368. The van der Waals surface area contributed by atoms with Crippen LogP contribution in [-0.2, 0) is 17.8 Å². The molecule has 0 spiro atoms. The second kappa shape index (κ2) is 7.61. The fourth-order valence-corrected chi connectivity index (χ4v) is 3.37. The molecule has 3 aromatic rings. The molecule has 136 valence electrons. The number of hydrogen-bond acceptors (Lipinski definition) is 4. The Morgan fingerprint density at radius 3 is 2.77 bits per heavy atom. The Morgan fingerprint density at radius 2 is 2.00 bits per heavy atom. The van der Waals surface area contributed by atoms with E-state index < -0.39 is 0 Å². The average Bonchev–Trinajstić information content (AvgIpc) is 3.25. The minimum atomic E-state index is 0.161. The molecule has 2 aromatic heterocycles. The Hall–Kier alpha value is -2.15. The molecular weight excluding hydrogens is 350 g/mol. The number of aryl methyl sites for hydroxylation is 1. The van der Waals surface area contributed by atoms with Gasteiger partial charge in [-0.1, -0.05) is 11.6 Å². The van der Waals surface area contributed by atoms with Crippen LogP contribution >= 0.6 is 11.6 Å². The van der Waals surface area contributed by atoms with E-state index in [0.717, 1.165) is 43.5 Å². The number of benzene rings is 1. The first kappa shape index (κ1) is 17.3. The van der Waals surface area contributed by atoms with Gasteiger partial charge >= 0.3 is 0 Å². The van der Waals surface area contributed by atoms with Crippen molar-refractivity contribution in [1.82, 2.24) is 24.5 Å². The molecule has 26 heavy (non-hydrogen) atoms. The zero-order chi connectivity index (χ0) is 17.9. The van der Waals surface area contributed by atoms with E-state index in [4.69, 9.17) is 16.3 Å². The summed E-state index contributed by atoms with van der Waals surface area (Å²) in [4.78, 5) is 2.41. The zero-order valence-electron chi connectivity index (χ0n) is 14.8. The molecule has 1 saturated heterocycles. The molecule has 1 unspecified atom stereocenters. The molecule has 1 atom stereocenters. The molecule has 0 radical (unpaired) electrons. The largest absolute Gasteiger partial charge is 0.374 e. The van der Waals surface area contributed by atoms with Crippen LogP contribution in [0, 0.1) is 6.92 Å². The summed E-state index contributed by atoms with van der Waals surface area (Å²) in [6.45, 7) is 6.28.